The summed E-state index contributed by atoms with van der Waals surface area (Å²) in [5.41, 5.74) is 5.66. The topological polar surface area (TPSA) is 78.1 Å². The lowest BCUT2D eigenvalue weighted by Crippen LogP contribution is -2.15. The van der Waals surface area contributed by atoms with Gasteiger partial charge in [-0.15, -0.1) is 0 Å². The second-order valence-corrected chi connectivity index (χ2v) is 4.91. The first-order chi connectivity index (χ1) is 8.25. The summed E-state index contributed by atoms with van der Waals surface area (Å²) in [6.45, 7) is 2.00. The van der Waals surface area contributed by atoms with Crippen LogP contribution in [0.4, 0.5) is 0 Å². The van der Waals surface area contributed by atoms with Gasteiger partial charge >= 0.3 is 0 Å². The van der Waals surface area contributed by atoms with Crippen LogP contribution < -0.4 is 5.73 Å². The highest BCUT2D eigenvalue weighted by Gasteiger charge is 2.10. The van der Waals surface area contributed by atoms with Crippen LogP contribution in [0.25, 0.3) is 11.6 Å². The highest BCUT2D eigenvalue weighted by molar-refractivity contribution is 7.98. The van der Waals surface area contributed by atoms with Crippen molar-refractivity contribution >= 4 is 11.8 Å². The standard InChI is InChI=1S/C11H15N3O2S/c1-8(12)4-6-17-7-10-13-11(14-16-10)9-3-2-5-15-9/h2-3,5,8H,4,6-7,12H2,1H3. The van der Waals surface area contributed by atoms with E-state index < -0.39 is 0 Å². The number of aromatic nitrogens is 2. The molecule has 0 saturated heterocycles. The Hall–Kier alpha value is -1.27. The molecule has 0 aliphatic heterocycles. The van der Waals surface area contributed by atoms with Gasteiger partial charge in [0.1, 0.15) is 0 Å². The van der Waals surface area contributed by atoms with Gasteiger partial charge in [-0.3, -0.25) is 0 Å². The quantitative estimate of drug-likeness (QED) is 0.796. The van der Waals surface area contributed by atoms with Gasteiger partial charge in [-0.25, -0.2) is 0 Å². The summed E-state index contributed by atoms with van der Waals surface area (Å²) in [6, 6.07) is 3.84. The molecule has 0 bridgehead atoms. The molecule has 2 heterocycles. The maximum atomic E-state index is 5.66. The zero-order valence-electron chi connectivity index (χ0n) is 9.63. The van der Waals surface area contributed by atoms with Crippen LogP contribution in [0.1, 0.15) is 19.2 Å². The maximum absolute atomic E-state index is 5.66. The normalized spacial score (nSPS) is 12.8. The molecule has 0 aromatic carbocycles. The molecule has 92 valence electrons. The number of furan rings is 1. The van der Waals surface area contributed by atoms with Crippen LogP contribution >= 0.6 is 11.8 Å². The smallest absolute Gasteiger partial charge is 0.238 e. The zero-order valence-corrected chi connectivity index (χ0v) is 10.4. The van der Waals surface area contributed by atoms with E-state index in [0.717, 1.165) is 12.2 Å². The molecule has 0 saturated carbocycles. The van der Waals surface area contributed by atoms with Gasteiger partial charge < -0.3 is 14.7 Å². The van der Waals surface area contributed by atoms with E-state index in [9.17, 15) is 0 Å². The summed E-state index contributed by atoms with van der Waals surface area (Å²) >= 11 is 1.74. The fourth-order valence-corrected chi connectivity index (χ4v) is 2.22. The summed E-state index contributed by atoms with van der Waals surface area (Å²) in [6.07, 6.45) is 2.58. The van der Waals surface area contributed by atoms with Gasteiger partial charge in [-0.05, 0) is 31.2 Å². The van der Waals surface area contributed by atoms with Crippen LogP contribution in [0.5, 0.6) is 0 Å². The van der Waals surface area contributed by atoms with Crippen molar-refractivity contribution in [2.24, 2.45) is 5.73 Å². The average Bonchev–Trinajstić information content (AvgIpc) is 2.94. The molecule has 5 nitrogen and oxygen atoms in total. The third-order valence-electron chi connectivity index (χ3n) is 2.15. The molecule has 0 fully saturated rings. The summed E-state index contributed by atoms with van der Waals surface area (Å²) < 4.78 is 10.3. The zero-order chi connectivity index (χ0) is 12.1. The van der Waals surface area contributed by atoms with E-state index in [2.05, 4.69) is 10.1 Å². The van der Waals surface area contributed by atoms with E-state index in [-0.39, 0.29) is 6.04 Å². The van der Waals surface area contributed by atoms with Crippen LogP contribution in [-0.4, -0.2) is 21.9 Å². The largest absolute Gasteiger partial charge is 0.461 e. The molecule has 1 atom stereocenters. The van der Waals surface area contributed by atoms with E-state index in [4.69, 9.17) is 14.7 Å². The number of hydrogen-bond donors (Lipinski definition) is 1. The van der Waals surface area contributed by atoms with Crippen molar-refractivity contribution < 1.29 is 8.94 Å². The monoisotopic (exact) mass is 253 g/mol. The van der Waals surface area contributed by atoms with Gasteiger partial charge in [0.2, 0.25) is 11.7 Å². The molecule has 0 aliphatic carbocycles. The number of hydrogen-bond acceptors (Lipinski definition) is 6. The first-order valence-corrected chi connectivity index (χ1v) is 6.61. The van der Waals surface area contributed by atoms with Gasteiger partial charge in [0.05, 0.1) is 12.0 Å². The molecule has 6 heteroatoms. The molecule has 0 amide bonds. The summed E-state index contributed by atoms with van der Waals surface area (Å²) in [4.78, 5) is 4.25. The molecule has 17 heavy (non-hydrogen) atoms. The first-order valence-electron chi connectivity index (χ1n) is 5.45. The summed E-state index contributed by atoms with van der Waals surface area (Å²) in [7, 11) is 0. The Kier molecular flexibility index (Phi) is 4.22. The Morgan fingerprint density at radius 1 is 1.53 bits per heavy atom. The molecule has 2 aromatic rings. The molecule has 0 aliphatic rings. The second-order valence-electron chi connectivity index (χ2n) is 3.81. The molecule has 0 spiro atoms. The predicted molar refractivity (Wildman–Crippen MR) is 66.4 cm³/mol. The molecular formula is C11H15N3O2S. The lowest BCUT2D eigenvalue weighted by Gasteiger charge is -2.01. The highest BCUT2D eigenvalue weighted by Crippen LogP contribution is 2.18. The van der Waals surface area contributed by atoms with Crippen molar-refractivity contribution in [1.82, 2.24) is 10.1 Å². The Balaban J connectivity index is 1.83. The number of thioether (sulfide) groups is 1. The van der Waals surface area contributed by atoms with Gasteiger partial charge in [0.15, 0.2) is 5.76 Å². The van der Waals surface area contributed by atoms with Gasteiger partial charge in [-0.1, -0.05) is 5.16 Å². The second kappa shape index (κ2) is 5.88. The van der Waals surface area contributed by atoms with Crippen molar-refractivity contribution in [3.05, 3.63) is 24.3 Å². The van der Waals surface area contributed by atoms with Crippen LogP contribution in [0.2, 0.25) is 0 Å². The fourth-order valence-electron chi connectivity index (χ4n) is 1.25. The number of rotatable bonds is 6. The molecule has 2 rings (SSSR count). The highest BCUT2D eigenvalue weighted by atomic mass is 32.2. The molecule has 2 N–H and O–H groups in total. The third kappa shape index (κ3) is 3.61. The lowest BCUT2D eigenvalue weighted by atomic mass is 10.3. The van der Waals surface area contributed by atoms with Crippen LogP contribution in [0.15, 0.2) is 27.3 Å². The molecule has 1 unspecified atom stereocenters. The van der Waals surface area contributed by atoms with Crippen molar-refractivity contribution in [1.29, 1.82) is 0 Å². The minimum Gasteiger partial charge on any atom is -0.461 e. The Morgan fingerprint density at radius 3 is 3.12 bits per heavy atom. The molecule has 0 radical (unpaired) electrons. The SMILES string of the molecule is CC(N)CCSCc1nc(-c2ccco2)no1. The van der Waals surface area contributed by atoms with E-state index in [1.807, 2.05) is 6.92 Å². The van der Waals surface area contributed by atoms with E-state index in [1.165, 1.54) is 0 Å². The molecular weight excluding hydrogens is 238 g/mol. The predicted octanol–water partition coefficient (Wildman–Crippen LogP) is 2.30. The number of nitrogens with zero attached hydrogens (tertiary/aromatic N) is 2. The van der Waals surface area contributed by atoms with Gasteiger partial charge in [0.25, 0.3) is 0 Å². The van der Waals surface area contributed by atoms with Gasteiger partial charge in [-0.2, -0.15) is 16.7 Å². The Bertz CT molecular complexity index is 439. The van der Waals surface area contributed by atoms with Crippen LogP contribution in [0, 0.1) is 0 Å². The van der Waals surface area contributed by atoms with E-state index >= 15 is 0 Å². The minimum atomic E-state index is 0.240. The third-order valence-corrected chi connectivity index (χ3v) is 3.13. The van der Waals surface area contributed by atoms with Gasteiger partial charge in [0, 0.05) is 6.04 Å². The van der Waals surface area contributed by atoms with Crippen LogP contribution in [0.3, 0.4) is 0 Å². The Morgan fingerprint density at radius 2 is 2.41 bits per heavy atom. The first kappa shape index (κ1) is 12.2. The van der Waals surface area contributed by atoms with Crippen molar-refractivity contribution in [2.75, 3.05) is 5.75 Å². The van der Waals surface area contributed by atoms with E-state index in [1.54, 1.807) is 30.2 Å². The van der Waals surface area contributed by atoms with Crippen molar-refractivity contribution in [3.63, 3.8) is 0 Å². The van der Waals surface area contributed by atoms with E-state index in [0.29, 0.717) is 23.2 Å². The maximum Gasteiger partial charge on any atom is 0.238 e. The fraction of sp³-hybridized carbons (Fsp3) is 0.455. The van der Waals surface area contributed by atoms with Crippen molar-refractivity contribution in [3.8, 4) is 11.6 Å². The summed E-state index contributed by atoms with van der Waals surface area (Å²) in [5.74, 6) is 3.45. The number of nitrogens with two attached hydrogens (primary N) is 1. The Labute approximate surface area is 104 Å². The summed E-state index contributed by atoms with van der Waals surface area (Å²) in [5, 5.41) is 3.85. The molecule has 2 aromatic heterocycles. The average molecular weight is 253 g/mol. The van der Waals surface area contributed by atoms with Crippen molar-refractivity contribution in [2.45, 2.75) is 25.1 Å². The minimum absolute atomic E-state index is 0.240. The lowest BCUT2D eigenvalue weighted by molar-refractivity contribution is 0.390. The van der Waals surface area contributed by atoms with Crippen LogP contribution in [-0.2, 0) is 5.75 Å².